The molecule has 0 aliphatic carbocycles. The van der Waals surface area contributed by atoms with E-state index in [9.17, 15) is 20.1 Å². The predicted octanol–water partition coefficient (Wildman–Crippen LogP) is -2.27. The molecule has 0 unspecified atom stereocenters. The normalized spacial score (nSPS) is 31.7. The molecule has 1 fully saturated rings. The van der Waals surface area contributed by atoms with Crippen LogP contribution >= 0.6 is 0 Å². The maximum Gasteiger partial charge on any atom is 0.278 e. The summed E-state index contributed by atoms with van der Waals surface area (Å²) in [6.45, 7) is -0.133. The third-order valence-electron chi connectivity index (χ3n) is 3.11. The van der Waals surface area contributed by atoms with Gasteiger partial charge in [0.2, 0.25) is 0 Å². The first-order valence-electron chi connectivity index (χ1n) is 5.65. The van der Waals surface area contributed by atoms with Gasteiger partial charge < -0.3 is 25.0 Å². The molecule has 0 saturated carbocycles. The fourth-order valence-electron chi connectivity index (χ4n) is 2.08. The predicted molar refractivity (Wildman–Crippen MR) is 61.2 cm³/mol. The van der Waals surface area contributed by atoms with E-state index >= 15 is 0 Å². The number of fused-ring (bicyclic) bond motifs is 1. The van der Waals surface area contributed by atoms with Gasteiger partial charge in [0.25, 0.3) is 5.56 Å². The number of aliphatic hydroxyl groups excluding tert-OH is 3. The number of aliphatic hydroxyl groups is 3. The smallest absolute Gasteiger partial charge is 0.278 e. The summed E-state index contributed by atoms with van der Waals surface area (Å²) < 4.78 is 6.63. The SMILES string of the molecule is O=c1[nH]cnc2c1ncn2[C@@H]1OC[C@@H](O)[C@H](O)[C@H]1O. The zero-order valence-corrected chi connectivity index (χ0v) is 9.67. The van der Waals surface area contributed by atoms with Crippen LogP contribution < -0.4 is 5.56 Å². The standard InChI is InChI=1S/C10H12N4O5/c15-4-1-19-10(7(17)6(4)16)14-3-13-5-8(14)11-2-12-9(5)18/h2-4,6-7,10,15-17H,1H2,(H,11,12,18)/t4-,6+,7-,10-/m1/s1. The van der Waals surface area contributed by atoms with Gasteiger partial charge in [-0.05, 0) is 0 Å². The van der Waals surface area contributed by atoms with Gasteiger partial charge in [0.05, 0.1) is 19.3 Å². The molecule has 2 aromatic heterocycles. The van der Waals surface area contributed by atoms with Crippen LogP contribution in [0.15, 0.2) is 17.4 Å². The lowest BCUT2D eigenvalue weighted by molar-refractivity contribution is -0.210. The van der Waals surface area contributed by atoms with E-state index in [0.29, 0.717) is 0 Å². The van der Waals surface area contributed by atoms with Crippen molar-refractivity contribution in [2.24, 2.45) is 0 Å². The number of nitrogens with one attached hydrogen (secondary N) is 1. The number of rotatable bonds is 1. The first-order valence-corrected chi connectivity index (χ1v) is 5.65. The first-order chi connectivity index (χ1) is 9.09. The second-order valence-electron chi connectivity index (χ2n) is 4.33. The molecule has 0 radical (unpaired) electrons. The maximum absolute atomic E-state index is 11.5. The average molecular weight is 268 g/mol. The Kier molecular flexibility index (Phi) is 2.82. The van der Waals surface area contributed by atoms with E-state index in [4.69, 9.17) is 4.74 Å². The van der Waals surface area contributed by atoms with Gasteiger partial charge >= 0.3 is 0 Å². The monoisotopic (exact) mass is 268 g/mol. The molecule has 4 atom stereocenters. The molecule has 4 N–H and O–H groups in total. The lowest BCUT2D eigenvalue weighted by atomic mass is 10.0. The third-order valence-corrected chi connectivity index (χ3v) is 3.11. The van der Waals surface area contributed by atoms with Crippen LogP contribution in [0.4, 0.5) is 0 Å². The molecular weight excluding hydrogens is 256 g/mol. The number of ether oxygens (including phenoxy) is 1. The van der Waals surface area contributed by atoms with E-state index in [-0.39, 0.29) is 17.8 Å². The van der Waals surface area contributed by atoms with Crippen molar-refractivity contribution in [3.63, 3.8) is 0 Å². The molecule has 0 aromatic carbocycles. The Morgan fingerprint density at radius 3 is 2.89 bits per heavy atom. The van der Waals surface area contributed by atoms with Crippen molar-refractivity contribution >= 4 is 11.2 Å². The maximum atomic E-state index is 11.5. The molecule has 1 saturated heterocycles. The summed E-state index contributed by atoms with van der Waals surface area (Å²) >= 11 is 0. The first kappa shape index (κ1) is 12.2. The topological polar surface area (TPSA) is 133 Å². The van der Waals surface area contributed by atoms with E-state index in [1.807, 2.05) is 0 Å². The Morgan fingerprint density at radius 2 is 2.11 bits per heavy atom. The highest BCUT2D eigenvalue weighted by Gasteiger charge is 2.39. The highest BCUT2D eigenvalue weighted by molar-refractivity contribution is 5.68. The van der Waals surface area contributed by atoms with Crippen LogP contribution in [0.2, 0.25) is 0 Å². The van der Waals surface area contributed by atoms with Crippen molar-refractivity contribution in [1.29, 1.82) is 0 Å². The van der Waals surface area contributed by atoms with Crippen LogP contribution in [0.5, 0.6) is 0 Å². The second kappa shape index (κ2) is 4.38. The number of H-pyrrole nitrogens is 1. The molecule has 2 aromatic rings. The molecule has 0 bridgehead atoms. The van der Waals surface area contributed by atoms with Gasteiger partial charge in [0.1, 0.15) is 18.3 Å². The summed E-state index contributed by atoms with van der Waals surface area (Å²) in [5.74, 6) is 0. The molecule has 3 rings (SSSR count). The van der Waals surface area contributed by atoms with Crippen LogP contribution in [-0.2, 0) is 4.74 Å². The number of aromatic amines is 1. The molecule has 9 heteroatoms. The van der Waals surface area contributed by atoms with Crippen LogP contribution in [-0.4, -0.2) is 59.8 Å². The Bertz CT molecular complexity index is 653. The molecule has 102 valence electrons. The molecular formula is C10H12N4O5. The van der Waals surface area contributed by atoms with Gasteiger partial charge in [0.15, 0.2) is 17.4 Å². The summed E-state index contributed by atoms with van der Waals surface area (Å²) in [6.07, 6.45) is -2.29. The molecule has 3 heterocycles. The molecule has 1 aliphatic rings. The summed E-state index contributed by atoms with van der Waals surface area (Å²) in [6, 6.07) is 0. The highest BCUT2D eigenvalue weighted by atomic mass is 16.5. The number of nitrogens with zero attached hydrogens (tertiary/aromatic N) is 3. The van der Waals surface area contributed by atoms with E-state index in [2.05, 4.69) is 15.0 Å². The summed E-state index contributed by atoms with van der Waals surface area (Å²) in [7, 11) is 0. The van der Waals surface area contributed by atoms with E-state index < -0.39 is 30.1 Å². The summed E-state index contributed by atoms with van der Waals surface area (Å²) in [5.41, 5.74) is -0.0649. The van der Waals surface area contributed by atoms with Gasteiger partial charge in [-0.1, -0.05) is 0 Å². The van der Waals surface area contributed by atoms with E-state index in [1.165, 1.54) is 17.2 Å². The molecule has 19 heavy (non-hydrogen) atoms. The van der Waals surface area contributed by atoms with Crippen molar-refractivity contribution in [1.82, 2.24) is 19.5 Å². The van der Waals surface area contributed by atoms with E-state index in [1.54, 1.807) is 0 Å². The Labute approximate surface area is 106 Å². The molecule has 1 aliphatic heterocycles. The van der Waals surface area contributed by atoms with Crippen LogP contribution in [0, 0.1) is 0 Å². The van der Waals surface area contributed by atoms with Gasteiger partial charge in [0, 0.05) is 0 Å². The minimum absolute atomic E-state index is 0.110. The highest BCUT2D eigenvalue weighted by Crippen LogP contribution is 2.25. The Hall–Kier alpha value is -1.81. The lowest BCUT2D eigenvalue weighted by Gasteiger charge is -2.35. The number of imidazole rings is 1. The fourth-order valence-corrected chi connectivity index (χ4v) is 2.08. The minimum Gasteiger partial charge on any atom is -0.388 e. The van der Waals surface area contributed by atoms with Crippen molar-refractivity contribution in [2.45, 2.75) is 24.5 Å². The number of aromatic nitrogens is 4. The summed E-state index contributed by atoms with van der Waals surface area (Å²) in [5, 5.41) is 28.9. The van der Waals surface area contributed by atoms with Gasteiger partial charge in [-0.25, -0.2) is 9.97 Å². The summed E-state index contributed by atoms with van der Waals surface area (Å²) in [4.78, 5) is 21.7. The van der Waals surface area contributed by atoms with Crippen molar-refractivity contribution in [2.75, 3.05) is 6.61 Å². The lowest BCUT2D eigenvalue weighted by Crippen LogP contribution is -2.50. The fraction of sp³-hybridized carbons (Fsp3) is 0.500. The third kappa shape index (κ3) is 1.83. The quantitative estimate of drug-likeness (QED) is 0.458. The van der Waals surface area contributed by atoms with Gasteiger partial charge in [-0.15, -0.1) is 0 Å². The zero-order chi connectivity index (χ0) is 13.6. The van der Waals surface area contributed by atoms with Gasteiger partial charge in [-0.3, -0.25) is 9.36 Å². The van der Waals surface area contributed by atoms with Crippen LogP contribution in [0.25, 0.3) is 11.2 Å². The van der Waals surface area contributed by atoms with E-state index in [0.717, 1.165) is 0 Å². The Balaban J connectivity index is 2.05. The van der Waals surface area contributed by atoms with Crippen molar-refractivity contribution < 1.29 is 20.1 Å². The Morgan fingerprint density at radius 1 is 1.32 bits per heavy atom. The number of hydrogen-bond acceptors (Lipinski definition) is 7. The van der Waals surface area contributed by atoms with Crippen molar-refractivity contribution in [3.05, 3.63) is 23.0 Å². The molecule has 9 nitrogen and oxygen atoms in total. The zero-order valence-electron chi connectivity index (χ0n) is 9.67. The second-order valence-corrected chi connectivity index (χ2v) is 4.33. The van der Waals surface area contributed by atoms with Gasteiger partial charge in [-0.2, -0.15) is 0 Å². The number of hydrogen-bond donors (Lipinski definition) is 4. The van der Waals surface area contributed by atoms with Crippen LogP contribution in [0.3, 0.4) is 0 Å². The average Bonchev–Trinajstić information content (AvgIpc) is 2.82. The molecule has 0 amide bonds. The van der Waals surface area contributed by atoms with Crippen LogP contribution in [0.1, 0.15) is 6.23 Å². The largest absolute Gasteiger partial charge is 0.388 e. The van der Waals surface area contributed by atoms with Crippen molar-refractivity contribution in [3.8, 4) is 0 Å². The minimum atomic E-state index is -1.35. The molecule has 0 spiro atoms.